The van der Waals surface area contributed by atoms with Crippen LogP contribution >= 0.6 is 11.3 Å². The number of rotatable bonds is 3. The molecule has 5 nitrogen and oxygen atoms in total. The summed E-state index contributed by atoms with van der Waals surface area (Å²) < 4.78 is 0. The molecule has 4 rings (SSSR count). The summed E-state index contributed by atoms with van der Waals surface area (Å²) in [5.74, 6) is 0.187. The van der Waals surface area contributed by atoms with Crippen LogP contribution < -0.4 is 0 Å². The summed E-state index contributed by atoms with van der Waals surface area (Å²) >= 11 is 1.44. The Labute approximate surface area is 136 Å². The Morgan fingerprint density at radius 2 is 2.17 bits per heavy atom. The zero-order chi connectivity index (χ0) is 16.2. The number of ketones is 1. The van der Waals surface area contributed by atoms with Gasteiger partial charge in [0.15, 0.2) is 0 Å². The Morgan fingerprint density at radius 1 is 1.39 bits per heavy atom. The first-order valence-electron chi connectivity index (χ1n) is 7.47. The number of fused-ring (bicyclic) bond motifs is 2. The third-order valence-corrected chi connectivity index (χ3v) is 5.89. The van der Waals surface area contributed by atoms with Crippen molar-refractivity contribution in [3.8, 4) is 0 Å². The maximum Gasteiger partial charge on any atom is 0.270 e. The summed E-state index contributed by atoms with van der Waals surface area (Å²) in [5, 5.41) is 13.9. The first kappa shape index (κ1) is 14.3. The van der Waals surface area contributed by atoms with Gasteiger partial charge in [0, 0.05) is 35.7 Å². The van der Waals surface area contributed by atoms with Gasteiger partial charge in [0.05, 0.1) is 10.3 Å². The van der Waals surface area contributed by atoms with Crippen molar-refractivity contribution in [2.24, 2.45) is 0 Å². The molecule has 116 valence electrons. The molecule has 1 aromatic heterocycles. The van der Waals surface area contributed by atoms with Crippen LogP contribution in [0.25, 0.3) is 5.57 Å². The van der Waals surface area contributed by atoms with E-state index in [1.165, 1.54) is 17.4 Å². The Kier molecular flexibility index (Phi) is 2.99. The number of nitro groups is 1. The fourth-order valence-electron chi connectivity index (χ4n) is 3.69. The minimum Gasteiger partial charge on any atom is -0.298 e. The molecular weight excluding hydrogens is 312 g/mol. The molecule has 0 bridgehead atoms. The van der Waals surface area contributed by atoms with Gasteiger partial charge < -0.3 is 0 Å². The van der Waals surface area contributed by atoms with E-state index in [1.807, 2.05) is 5.38 Å². The van der Waals surface area contributed by atoms with Crippen molar-refractivity contribution in [2.75, 3.05) is 0 Å². The monoisotopic (exact) mass is 326 g/mol. The molecule has 0 atom stereocenters. The predicted octanol–water partition coefficient (Wildman–Crippen LogP) is 3.66. The smallest absolute Gasteiger partial charge is 0.270 e. The number of hydrogen-bond acceptors (Lipinski definition) is 5. The number of nitrogens with zero attached hydrogens (tertiary/aromatic N) is 2. The number of Topliss-reactive ketones (excluding diaryl/α,β-unsaturated/α-hetero) is 1. The molecule has 2 aromatic rings. The zero-order valence-electron chi connectivity index (χ0n) is 12.4. The average Bonchev–Trinajstić information content (AvgIpc) is 3.09. The van der Waals surface area contributed by atoms with E-state index < -0.39 is 10.3 Å². The molecule has 0 aliphatic heterocycles. The average molecular weight is 326 g/mol. The van der Waals surface area contributed by atoms with Crippen LogP contribution in [0.4, 0.5) is 5.69 Å². The molecular formula is C17H14N2O3S. The number of carbonyl (C=O) groups excluding carboxylic acids is 1. The van der Waals surface area contributed by atoms with Crippen LogP contribution in [0.3, 0.4) is 0 Å². The molecule has 0 unspecified atom stereocenters. The van der Waals surface area contributed by atoms with Crippen LogP contribution in [0.1, 0.15) is 41.0 Å². The summed E-state index contributed by atoms with van der Waals surface area (Å²) in [4.78, 5) is 27.8. The van der Waals surface area contributed by atoms with Crippen LogP contribution in [-0.4, -0.2) is 15.7 Å². The lowest BCUT2D eigenvalue weighted by Crippen LogP contribution is -2.39. The van der Waals surface area contributed by atoms with E-state index in [1.54, 1.807) is 12.3 Å². The van der Waals surface area contributed by atoms with Gasteiger partial charge in [-0.25, -0.2) is 4.98 Å². The topological polar surface area (TPSA) is 73.1 Å². The molecule has 23 heavy (non-hydrogen) atoms. The summed E-state index contributed by atoms with van der Waals surface area (Å²) in [6.45, 7) is 4.08. The highest BCUT2D eigenvalue weighted by molar-refractivity contribution is 7.10. The number of nitro benzene ring substituents is 1. The predicted molar refractivity (Wildman–Crippen MR) is 87.6 cm³/mol. The Morgan fingerprint density at radius 3 is 2.74 bits per heavy atom. The van der Waals surface area contributed by atoms with E-state index in [2.05, 4.69) is 11.6 Å². The number of benzene rings is 1. The second kappa shape index (κ2) is 4.83. The van der Waals surface area contributed by atoms with Gasteiger partial charge in [-0.05, 0) is 29.5 Å². The van der Waals surface area contributed by atoms with Crippen LogP contribution in [0.15, 0.2) is 30.3 Å². The van der Waals surface area contributed by atoms with Gasteiger partial charge in [-0.3, -0.25) is 14.9 Å². The largest absolute Gasteiger partial charge is 0.298 e. The maximum atomic E-state index is 12.6. The van der Waals surface area contributed by atoms with E-state index in [4.69, 9.17) is 0 Å². The number of non-ortho nitro benzene ring substituents is 1. The molecule has 1 heterocycles. The van der Waals surface area contributed by atoms with Gasteiger partial charge in [-0.1, -0.05) is 13.0 Å². The highest BCUT2D eigenvalue weighted by Gasteiger charge is 2.51. The SMILES string of the molecule is C=C(c1nccs1)c1cc([N+](=O)[O-])cc2c1CC(=O)C21CCC1. The van der Waals surface area contributed by atoms with Gasteiger partial charge in [0.25, 0.3) is 5.69 Å². The van der Waals surface area contributed by atoms with Gasteiger partial charge in [0.2, 0.25) is 0 Å². The summed E-state index contributed by atoms with van der Waals surface area (Å²) in [6, 6.07) is 3.13. The van der Waals surface area contributed by atoms with Gasteiger partial charge >= 0.3 is 0 Å². The molecule has 1 aromatic carbocycles. The highest BCUT2D eigenvalue weighted by Crippen LogP contribution is 2.52. The third-order valence-electron chi connectivity index (χ3n) is 5.05. The standard InChI is InChI=1S/C17H14N2O3S/c1-10(16-18-5-6-23-16)12-7-11(19(21)22)8-14-13(12)9-15(20)17(14)3-2-4-17/h5-8H,1-4,9H2. The first-order chi connectivity index (χ1) is 11.0. The molecule has 2 aliphatic carbocycles. The van der Waals surface area contributed by atoms with Crippen molar-refractivity contribution in [1.82, 2.24) is 4.98 Å². The first-order valence-corrected chi connectivity index (χ1v) is 8.35. The number of thiazole rings is 1. The Bertz CT molecular complexity index is 851. The Hall–Kier alpha value is -2.34. The lowest BCUT2D eigenvalue weighted by Gasteiger charge is -2.37. The van der Waals surface area contributed by atoms with Crippen LogP contribution in [-0.2, 0) is 16.6 Å². The van der Waals surface area contributed by atoms with Crippen molar-refractivity contribution < 1.29 is 9.72 Å². The van der Waals surface area contributed by atoms with E-state index in [9.17, 15) is 14.9 Å². The molecule has 6 heteroatoms. The summed E-state index contributed by atoms with van der Waals surface area (Å²) in [6.07, 6.45) is 4.61. The highest BCUT2D eigenvalue weighted by atomic mass is 32.1. The van der Waals surface area contributed by atoms with Crippen molar-refractivity contribution >= 4 is 28.4 Å². The zero-order valence-corrected chi connectivity index (χ0v) is 13.2. The van der Waals surface area contributed by atoms with Crippen molar-refractivity contribution in [3.63, 3.8) is 0 Å². The second-order valence-electron chi connectivity index (χ2n) is 6.13. The van der Waals surface area contributed by atoms with Crippen LogP contribution in [0.5, 0.6) is 0 Å². The number of hydrogen-bond donors (Lipinski definition) is 0. The van der Waals surface area contributed by atoms with E-state index in [0.717, 1.165) is 35.4 Å². The van der Waals surface area contributed by atoms with E-state index >= 15 is 0 Å². The molecule has 0 radical (unpaired) electrons. The van der Waals surface area contributed by atoms with Gasteiger partial charge in [0.1, 0.15) is 10.8 Å². The lowest BCUT2D eigenvalue weighted by molar-refractivity contribution is -0.385. The fraction of sp³-hybridized carbons (Fsp3) is 0.294. The minimum absolute atomic E-state index is 0.0254. The quantitative estimate of drug-likeness (QED) is 0.637. The molecule has 0 amide bonds. The Balaban J connectivity index is 1.94. The number of aromatic nitrogens is 1. The summed E-state index contributed by atoms with van der Waals surface area (Å²) in [5.41, 5.74) is 2.64. The normalized spacial score (nSPS) is 17.8. The molecule has 0 saturated heterocycles. The van der Waals surface area contributed by atoms with Crippen LogP contribution in [0.2, 0.25) is 0 Å². The molecule has 1 spiro atoms. The number of carbonyl (C=O) groups is 1. The third kappa shape index (κ3) is 1.91. The van der Waals surface area contributed by atoms with Gasteiger partial charge in [-0.15, -0.1) is 11.3 Å². The van der Waals surface area contributed by atoms with E-state index in [-0.39, 0.29) is 11.5 Å². The fourth-order valence-corrected chi connectivity index (χ4v) is 4.32. The minimum atomic E-state index is -0.487. The van der Waals surface area contributed by atoms with Gasteiger partial charge in [-0.2, -0.15) is 0 Å². The second-order valence-corrected chi connectivity index (χ2v) is 7.02. The molecule has 1 saturated carbocycles. The maximum absolute atomic E-state index is 12.6. The van der Waals surface area contributed by atoms with Crippen molar-refractivity contribution in [3.05, 3.63) is 62.1 Å². The lowest BCUT2D eigenvalue weighted by atomic mass is 9.64. The molecule has 0 N–H and O–H groups in total. The molecule has 2 aliphatic rings. The van der Waals surface area contributed by atoms with Crippen molar-refractivity contribution in [2.45, 2.75) is 31.1 Å². The van der Waals surface area contributed by atoms with E-state index in [0.29, 0.717) is 17.6 Å². The van der Waals surface area contributed by atoms with Crippen LogP contribution in [0, 0.1) is 10.1 Å². The van der Waals surface area contributed by atoms with Crippen molar-refractivity contribution in [1.29, 1.82) is 0 Å². The summed E-state index contributed by atoms with van der Waals surface area (Å²) in [7, 11) is 0. The molecule has 1 fully saturated rings.